The first-order valence-corrected chi connectivity index (χ1v) is 5.85. The van der Waals surface area contributed by atoms with Crippen LogP contribution in [0, 0.1) is 9.49 Å². The Hall–Kier alpha value is -0.250. The number of phenolic OH excluding ortho intramolecular Hbond substituents is 1. The fraction of sp³-hybridized carbons (Fsp3) is 0.455. The molecule has 1 N–H and O–H groups in total. The highest BCUT2D eigenvalue weighted by Gasteiger charge is 2.41. The van der Waals surface area contributed by atoms with Gasteiger partial charge >= 0.3 is 0 Å². The van der Waals surface area contributed by atoms with Gasteiger partial charge < -0.3 is 5.11 Å². The Morgan fingerprint density at radius 3 is 2.85 bits per heavy atom. The standard InChI is InChI=1S/C11H11IO/c12-9-3-4-10(13)8-5-6-1-2-7(6)11(8)9/h3-4,6-7,13H,1-2,5H2. The van der Waals surface area contributed by atoms with E-state index in [2.05, 4.69) is 22.6 Å². The first kappa shape index (κ1) is 8.09. The number of phenols is 1. The van der Waals surface area contributed by atoms with Crippen molar-refractivity contribution in [1.29, 1.82) is 0 Å². The van der Waals surface area contributed by atoms with Gasteiger partial charge in [0.1, 0.15) is 5.75 Å². The van der Waals surface area contributed by atoms with Gasteiger partial charge in [-0.15, -0.1) is 0 Å². The van der Waals surface area contributed by atoms with Gasteiger partial charge in [0, 0.05) is 3.57 Å². The van der Waals surface area contributed by atoms with Crippen LogP contribution in [0.2, 0.25) is 0 Å². The summed E-state index contributed by atoms with van der Waals surface area (Å²) in [5.74, 6) is 2.13. The van der Waals surface area contributed by atoms with E-state index in [0.717, 1.165) is 18.3 Å². The van der Waals surface area contributed by atoms with Crippen molar-refractivity contribution >= 4 is 22.6 Å². The molecule has 2 aliphatic rings. The van der Waals surface area contributed by atoms with E-state index in [1.165, 1.54) is 27.5 Å². The molecule has 2 unspecified atom stereocenters. The number of fused-ring (bicyclic) bond motifs is 3. The van der Waals surface area contributed by atoms with Crippen LogP contribution in [0.4, 0.5) is 0 Å². The second-order valence-electron chi connectivity index (χ2n) is 4.11. The summed E-state index contributed by atoms with van der Waals surface area (Å²) in [4.78, 5) is 0. The van der Waals surface area contributed by atoms with E-state index in [4.69, 9.17) is 0 Å². The highest BCUT2D eigenvalue weighted by atomic mass is 127. The molecule has 13 heavy (non-hydrogen) atoms. The Morgan fingerprint density at radius 1 is 1.31 bits per heavy atom. The number of benzene rings is 1. The topological polar surface area (TPSA) is 20.2 Å². The molecule has 0 bridgehead atoms. The molecule has 0 radical (unpaired) electrons. The Labute approximate surface area is 91.3 Å². The van der Waals surface area contributed by atoms with E-state index >= 15 is 0 Å². The lowest BCUT2D eigenvalue weighted by molar-refractivity contribution is 0.279. The van der Waals surface area contributed by atoms with Gasteiger partial charge in [-0.3, -0.25) is 0 Å². The van der Waals surface area contributed by atoms with Crippen LogP contribution in [-0.2, 0) is 6.42 Å². The average molecular weight is 286 g/mol. The lowest BCUT2D eigenvalue weighted by atomic mass is 9.74. The molecule has 0 saturated heterocycles. The van der Waals surface area contributed by atoms with Crippen LogP contribution in [0.1, 0.15) is 29.9 Å². The van der Waals surface area contributed by atoms with Crippen molar-refractivity contribution in [1.82, 2.24) is 0 Å². The summed E-state index contributed by atoms with van der Waals surface area (Å²) in [5.41, 5.74) is 2.69. The lowest BCUT2D eigenvalue weighted by Gasteiger charge is -2.30. The van der Waals surface area contributed by atoms with Crippen LogP contribution < -0.4 is 0 Å². The third-order valence-corrected chi connectivity index (χ3v) is 4.47. The van der Waals surface area contributed by atoms with Gasteiger partial charge in [-0.2, -0.15) is 0 Å². The molecule has 68 valence electrons. The van der Waals surface area contributed by atoms with Crippen molar-refractivity contribution in [2.24, 2.45) is 5.92 Å². The number of halogens is 1. The van der Waals surface area contributed by atoms with E-state index < -0.39 is 0 Å². The maximum atomic E-state index is 9.72. The van der Waals surface area contributed by atoms with Crippen molar-refractivity contribution in [3.63, 3.8) is 0 Å². The molecule has 1 nitrogen and oxygen atoms in total. The number of hydrogen-bond acceptors (Lipinski definition) is 1. The van der Waals surface area contributed by atoms with Crippen molar-refractivity contribution in [3.8, 4) is 5.75 Å². The largest absolute Gasteiger partial charge is 0.508 e. The first-order chi connectivity index (χ1) is 6.27. The second-order valence-corrected chi connectivity index (χ2v) is 5.27. The molecule has 2 heteroatoms. The SMILES string of the molecule is Oc1ccc(I)c2c1CC1CCC21. The molecule has 0 spiro atoms. The lowest BCUT2D eigenvalue weighted by Crippen LogP contribution is -2.19. The molecule has 1 aromatic rings. The number of hydrogen-bond donors (Lipinski definition) is 1. The first-order valence-electron chi connectivity index (χ1n) is 4.77. The Kier molecular flexibility index (Phi) is 1.63. The van der Waals surface area contributed by atoms with Crippen molar-refractivity contribution < 1.29 is 5.11 Å². The monoisotopic (exact) mass is 286 g/mol. The zero-order valence-corrected chi connectivity index (χ0v) is 9.41. The van der Waals surface area contributed by atoms with Gasteiger partial charge in [-0.05, 0) is 76.9 Å². The molecule has 2 atom stereocenters. The summed E-state index contributed by atoms with van der Waals surface area (Å²) >= 11 is 2.39. The quantitative estimate of drug-likeness (QED) is 0.727. The Balaban J connectivity index is 2.21. The van der Waals surface area contributed by atoms with Crippen LogP contribution in [0.3, 0.4) is 0 Å². The Morgan fingerprint density at radius 2 is 2.15 bits per heavy atom. The summed E-state index contributed by atoms with van der Waals surface area (Å²) < 4.78 is 1.35. The summed E-state index contributed by atoms with van der Waals surface area (Å²) in [6, 6.07) is 3.88. The van der Waals surface area contributed by atoms with Gasteiger partial charge in [0.05, 0.1) is 0 Å². The van der Waals surface area contributed by atoms with Gasteiger partial charge in [0.15, 0.2) is 0 Å². The van der Waals surface area contributed by atoms with Gasteiger partial charge in [-0.25, -0.2) is 0 Å². The van der Waals surface area contributed by atoms with E-state index in [-0.39, 0.29) is 0 Å². The van der Waals surface area contributed by atoms with E-state index in [9.17, 15) is 5.11 Å². The summed E-state index contributed by atoms with van der Waals surface area (Å²) in [6.07, 6.45) is 3.80. The predicted molar refractivity (Wildman–Crippen MR) is 60.0 cm³/mol. The zero-order valence-electron chi connectivity index (χ0n) is 7.26. The molecule has 0 heterocycles. The molecular weight excluding hydrogens is 275 g/mol. The Bertz CT molecular complexity index is 373. The van der Waals surface area contributed by atoms with Crippen molar-refractivity contribution in [2.75, 3.05) is 0 Å². The maximum Gasteiger partial charge on any atom is 0.119 e. The molecule has 2 aliphatic carbocycles. The third-order valence-electron chi connectivity index (χ3n) is 3.53. The zero-order chi connectivity index (χ0) is 9.00. The van der Waals surface area contributed by atoms with Crippen LogP contribution in [0.25, 0.3) is 0 Å². The molecule has 0 aromatic heterocycles. The minimum Gasteiger partial charge on any atom is -0.508 e. The van der Waals surface area contributed by atoms with Crippen LogP contribution in [-0.4, -0.2) is 5.11 Å². The fourth-order valence-electron chi connectivity index (χ4n) is 2.70. The molecule has 3 rings (SSSR count). The van der Waals surface area contributed by atoms with E-state index in [1.54, 1.807) is 0 Å². The van der Waals surface area contributed by atoms with Gasteiger partial charge in [-0.1, -0.05) is 0 Å². The van der Waals surface area contributed by atoms with Crippen LogP contribution in [0.5, 0.6) is 5.75 Å². The van der Waals surface area contributed by atoms with Crippen LogP contribution >= 0.6 is 22.6 Å². The third kappa shape index (κ3) is 0.981. The smallest absolute Gasteiger partial charge is 0.119 e. The van der Waals surface area contributed by atoms with E-state index in [0.29, 0.717) is 5.75 Å². The fourth-order valence-corrected chi connectivity index (χ4v) is 3.60. The molecular formula is C11H11IO. The summed E-state index contributed by atoms with van der Waals surface area (Å²) in [7, 11) is 0. The van der Waals surface area contributed by atoms with E-state index in [1.807, 2.05) is 12.1 Å². The molecule has 1 aromatic carbocycles. The van der Waals surface area contributed by atoms with Crippen molar-refractivity contribution in [3.05, 3.63) is 26.8 Å². The molecule has 0 aliphatic heterocycles. The summed E-state index contributed by atoms with van der Waals surface area (Å²) in [5, 5.41) is 9.72. The highest BCUT2D eigenvalue weighted by molar-refractivity contribution is 14.1. The molecule has 1 saturated carbocycles. The van der Waals surface area contributed by atoms with Crippen LogP contribution in [0.15, 0.2) is 12.1 Å². The minimum absolute atomic E-state index is 0.518. The highest BCUT2D eigenvalue weighted by Crippen LogP contribution is 2.54. The molecule has 0 amide bonds. The maximum absolute atomic E-state index is 9.72. The van der Waals surface area contributed by atoms with Gasteiger partial charge in [0.2, 0.25) is 0 Å². The van der Waals surface area contributed by atoms with Crippen molar-refractivity contribution in [2.45, 2.75) is 25.2 Å². The predicted octanol–water partition coefficient (Wildman–Crippen LogP) is 3.05. The molecule has 1 fully saturated rings. The van der Waals surface area contributed by atoms with Gasteiger partial charge in [0.25, 0.3) is 0 Å². The minimum atomic E-state index is 0.518. The normalized spacial score (nSPS) is 29.3. The number of rotatable bonds is 0. The summed E-state index contributed by atoms with van der Waals surface area (Å²) in [6.45, 7) is 0. The number of aromatic hydroxyl groups is 1. The average Bonchev–Trinajstić information content (AvgIpc) is 2.33. The second kappa shape index (κ2) is 2.62.